The molecule has 0 saturated heterocycles. The molecule has 0 saturated carbocycles. The van der Waals surface area contributed by atoms with Crippen molar-refractivity contribution >= 4 is 11.7 Å². The van der Waals surface area contributed by atoms with Crippen LogP contribution >= 0.6 is 0 Å². The van der Waals surface area contributed by atoms with Crippen molar-refractivity contribution in [2.75, 3.05) is 5.32 Å². The van der Waals surface area contributed by atoms with Gasteiger partial charge < -0.3 is 10.4 Å². The van der Waals surface area contributed by atoms with E-state index in [2.05, 4.69) is 5.32 Å². The first-order valence-electron chi connectivity index (χ1n) is 5.17. The van der Waals surface area contributed by atoms with E-state index in [0.717, 1.165) is 0 Å². The Kier molecular flexibility index (Phi) is 3.88. The zero-order chi connectivity index (χ0) is 12.3. The van der Waals surface area contributed by atoms with Gasteiger partial charge in [0, 0.05) is 11.7 Å². The van der Waals surface area contributed by atoms with Crippen LogP contribution in [-0.2, 0) is 4.79 Å². The maximum absolute atomic E-state index is 13.2. The van der Waals surface area contributed by atoms with Crippen LogP contribution in [0.25, 0.3) is 0 Å². The van der Waals surface area contributed by atoms with Crippen molar-refractivity contribution in [3.05, 3.63) is 29.6 Å². The number of aryl methyl sites for hydroxylation is 1. The van der Waals surface area contributed by atoms with E-state index in [0.29, 0.717) is 11.3 Å². The van der Waals surface area contributed by atoms with E-state index >= 15 is 0 Å². The summed E-state index contributed by atoms with van der Waals surface area (Å²) in [5.41, 5.74) is 1.17. The monoisotopic (exact) mass is 225 g/mol. The van der Waals surface area contributed by atoms with Crippen LogP contribution in [0.3, 0.4) is 0 Å². The van der Waals surface area contributed by atoms with E-state index in [-0.39, 0.29) is 11.9 Å². The lowest BCUT2D eigenvalue weighted by atomic mass is 10.0. The molecule has 0 heterocycles. The molecule has 0 bridgehead atoms. The molecular formula is C12H16FNO2. The van der Waals surface area contributed by atoms with Crippen molar-refractivity contribution in [2.45, 2.75) is 26.8 Å². The van der Waals surface area contributed by atoms with Crippen LogP contribution in [0.15, 0.2) is 18.2 Å². The van der Waals surface area contributed by atoms with Gasteiger partial charge in [0.25, 0.3) is 0 Å². The second-order valence-corrected chi connectivity index (χ2v) is 4.02. The number of hydrogen-bond acceptors (Lipinski definition) is 2. The van der Waals surface area contributed by atoms with Gasteiger partial charge in [-0.3, -0.25) is 4.79 Å². The Balaban J connectivity index is 2.73. The van der Waals surface area contributed by atoms with Gasteiger partial charge in [0.15, 0.2) is 0 Å². The number of benzene rings is 1. The van der Waals surface area contributed by atoms with Gasteiger partial charge in [0.2, 0.25) is 0 Å². The molecule has 0 aliphatic rings. The normalized spacial score (nSPS) is 14.2. The van der Waals surface area contributed by atoms with E-state index in [4.69, 9.17) is 5.11 Å². The highest BCUT2D eigenvalue weighted by molar-refractivity contribution is 5.71. The van der Waals surface area contributed by atoms with Crippen LogP contribution in [0, 0.1) is 18.7 Å². The van der Waals surface area contributed by atoms with Gasteiger partial charge in [0.1, 0.15) is 5.82 Å². The van der Waals surface area contributed by atoms with Gasteiger partial charge in [-0.1, -0.05) is 6.07 Å². The highest BCUT2D eigenvalue weighted by Gasteiger charge is 2.19. The number of hydrogen-bond donors (Lipinski definition) is 2. The minimum atomic E-state index is -0.868. The third-order valence-electron chi connectivity index (χ3n) is 2.71. The summed E-state index contributed by atoms with van der Waals surface area (Å²) in [4.78, 5) is 10.7. The van der Waals surface area contributed by atoms with Crippen LogP contribution < -0.4 is 5.32 Å². The van der Waals surface area contributed by atoms with E-state index < -0.39 is 11.9 Å². The molecule has 88 valence electrons. The maximum Gasteiger partial charge on any atom is 0.308 e. The molecule has 0 amide bonds. The molecule has 1 aromatic rings. The first-order chi connectivity index (χ1) is 7.41. The zero-order valence-corrected chi connectivity index (χ0v) is 9.62. The Morgan fingerprint density at radius 2 is 2.06 bits per heavy atom. The standard InChI is InChI=1S/C12H16FNO2/c1-7-4-5-10(6-11(7)13)14-9(3)8(2)12(15)16/h4-6,8-9,14H,1-3H3,(H,15,16). The first-order valence-corrected chi connectivity index (χ1v) is 5.17. The summed E-state index contributed by atoms with van der Waals surface area (Å²) >= 11 is 0. The van der Waals surface area contributed by atoms with Gasteiger partial charge in [0.05, 0.1) is 5.92 Å². The molecule has 1 rings (SSSR count). The molecule has 2 unspecified atom stereocenters. The molecule has 0 aromatic heterocycles. The Morgan fingerprint density at radius 3 is 2.56 bits per heavy atom. The molecule has 1 aromatic carbocycles. The lowest BCUT2D eigenvalue weighted by Gasteiger charge is -2.19. The molecule has 0 aliphatic carbocycles. The Bertz CT molecular complexity index is 393. The number of aliphatic carboxylic acids is 1. The van der Waals surface area contributed by atoms with Gasteiger partial charge in [-0.15, -0.1) is 0 Å². The highest BCUT2D eigenvalue weighted by Crippen LogP contribution is 2.16. The predicted octanol–water partition coefficient (Wildman–Crippen LogP) is 2.66. The minimum Gasteiger partial charge on any atom is -0.481 e. The largest absolute Gasteiger partial charge is 0.481 e. The van der Waals surface area contributed by atoms with E-state index in [1.165, 1.54) is 6.07 Å². The van der Waals surface area contributed by atoms with Gasteiger partial charge in [-0.05, 0) is 38.5 Å². The molecule has 16 heavy (non-hydrogen) atoms. The van der Waals surface area contributed by atoms with E-state index in [1.54, 1.807) is 32.9 Å². The molecule has 4 heteroatoms. The second-order valence-electron chi connectivity index (χ2n) is 4.02. The zero-order valence-electron chi connectivity index (χ0n) is 9.62. The molecule has 2 N–H and O–H groups in total. The smallest absolute Gasteiger partial charge is 0.308 e. The number of carbonyl (C=O) groups is 1. The summed E-state index contributed by atoms with van der Waals surface area (Å²) in [6.45, 7) is 5.06. The van der Waals surface area contributed by atoms with E-state index in [1.807, 2.05) is 0 Å². The topological polar surface area (TPSA) is 49.3 Å². The SMILES string of the molecule is Cc1ccc(NC(C)C(C)C(=O)O)cc1F. The Labute approximate surface area is 94.3 Å². The molecule has 0 spiro atoms. The average Bonchev–Trinajstić information content (AvgIpc) is 2.22. The lowest BCUT2D eigenvalue weighted by Crippen LogP contribution is -2.29. The number of rotatable bonds is 4. The molecule has 2 atom stereocenters. The number of carboxylic acid groups (broad SMARTS) is 1. The van der Waals surface area contributed by atoms with Crippen molar-refractivity contribution in [1.29, 1.82) is 0 Å². The molecule has 0 radical (unpaired) electrons. The fraction of sp³-hybridized carbons (Fsp3) is 0.417. The third kappa shape index (κ3) is 2.95. The summed E-state index contributed by atoms with van der Waals surface area (Å²) < 4.78 is 13.2. The summed E-state index contributed by atoms with van der Waals surface area (Å²) in [5, 5.41) is 11.8. The molecule has 0 aliphatic heterocycles. The maximum atomic E-state index is 13.2. The number of nitrogens with one attached hydrogen (secondary N) is 1. The number of halogens is 1. The first kappa shape index (κ1) is 12.5. The quantitative estimate of drug-likeness (QED) is 0.828. The van der Waals surface area contributed by atoms with E-state index in [9.17, 15) is 9.18 Å². The van der Waals surface area contributed by atoms with Crippen LogP contribution in [0.4, 0.5) is 10.1 Å². The Morgan fingerprint density at radius 1 is 1.44 bits per heavy atom. The Hall–Kier alpha value is -1.58. The average molecular weight is 225 g/mol. The summed E-state index contributed by atoms with van der Waals surface area (Å²) in [6, 6.07) is 4.53. The third-order valence-corrected chi connectivity index (χ3v) is 2.71. The van der Waals surface area contributed by atoms with Crippen molar-refractivity contribution in [3.63, 3.8) is 0 Å². The minimum absolute atomic E-state index is 0.250. The van der Waals surface area contributed by atoms with Crippen molar-refractivity contribution < 1.29 is 14.3 Å². The predicted molar refractivity (Wildman–Crippen MR) is 61.0 cm³/mol. The lowest BCUT2D eigenvalue weighted by molar-refractivity contribution is -0.141. The van der Waals surface area contributed by atoms with Crippen molar-refractivity contribution in [1.82, 2.24) is 0 Å². The van der Waals surface area contributed by atoms with Gasteiger partial charge in [-0.2, -0.15) is 0 Å². The fourth-order valence-electron chi connectivity index (χ4n) is 1.28. The van der Waals surface area contributed by atoms with Gasteiger partial charge in [-0.25, -0.2) is 4.39 Å². The van der Waals surface area contributed by atoms with Crippen LogP contribution in [-0.4, -0.2) is 17.1 Å². The van der Waals surface area contributed by atoms with Crippen LogP contribution in [0.1, 0.15) is 19.4 Å². The van der Waals surface area contributed by atoms with Crippen LogP contribution in [0.2, 0.25) is 0 Å². The summed E-state index contributed by atoms with van der Waals surface area (Å²) in [7, 11) is 0. The van der Waals surface area contributed by atoms with Crippen LogP contribution in [0.5, 0.6) is 0 Å². The summed E-state index contributed by atoms with van der Waals surface area (Å²) in [5.74, 6) is -1.68. The number of carboxylic acids is 1. The molecule has 3 nitrogen and oxygen atoms in total. The molecule has 0 fully saturated rings. The van der Waals surface area contributed by atoms with Gasteiger partial charge >= 0.3 is 5.97 Å². The fourth-order valence-corrected chi connectivity index (χ4v) is 1.28. The number of anilines is 1. The summed E-state index contributed by atoms with van der Waals surface area (Å²) in [6.07, 6.45) is 0. The van der Waals surface area contributed by atoms with Crippen molar-refractivity contribution in [3.8, 4) is 0 Å². The second kappa shape index (κ2) is 4.96. The highest BCUT2D eigenvalue weighted by atomic mass is 19.1. The molecular weight excluding hydrogens is 209 g/mol. The van der Waals surface area contributed by atoms with Crippen molar-refractivity contribution in [2.24, 2.45) is 5.92 Å².